The summed E-state index contributed by atoms with van der Waals surface area (Å²) < 4.78 is 32.3. The van der Waals surface area contributed by atoms with Crippen molar-refractivity contribution in [1.29, 1.82) is 0 Å². The van der Waals surface area contributed by atoms with Crippen LogP contribution in [-0.2, 0) is 29.1 Å². The highest BCUT2D eigenvalue weighted by molar-refractivity contribution is 7.89. The molecule has 1 aromatic rings. The van der Waals surface area contributed by atoms with Gasteiger partial charge in [0, 0.05) is 19.5 Å². The molecule has 2 aliphatic heterocycles. The number of imide groups is 1. The topological polar surface area (TPSA) is 101 Å². The molecule has 9 heteroatoms. The molecule has 0 aromatic heterocycles. The maximum Gasteiger partial charge on any atom is 0.324 e. The van der Waals surface area contributed by atoms with Gasteiger partial charge in [-0.15, -0.1) is 0 Å². The zero-order valence-corrected chi connectivity index (χ0v) is 16.6. The van der Waals surface area contributed by atoms with Crippen LogP contribution in [0.1, 0.15) is 37.7 Å². The smallest absolute Gasteiger partial charge is 0.324 e. The summed E-state index contributed by atoms with van der Waals surface area (Å²) in [6.07, 6.45) is 2.59. The first-order chi connectivity index (χ1) is 13.3. The van der Waals surface area contributed by atoms with Gasteiger partial charge in [-0.3, -0.25) is 19.3 Å². The summed E-state index contributed by atoms with van der Waals surface area (Å²) in [5.41, 5.74) is 0.934. The highest BCUT2D eigenvalue weighted by Crippen LogP contribution is 2.26. The molecule has 3 rings (SSSR count). The largest absolute Gasteiger partial charge is 0.454 e. The van der Waals surface area contributed by atoms with Crippen LogP contribution in [0.2, 0.25) is 0 Å². The molecule has 2 saturated heterocycles. The van der Waals surface area contributed by atoms with E-state index in [2.05, 4.69) is 0 Å². The maximum absolute atomic E-state index is 13.0. The summed E-state index contributed by atoms with van der Waals surface area (Å²) in [4.78, 5) is 37.4. The number of benzene rings is 1. The fourth-order valence-corrected chi connectivity index (χ4v) is 5.14. The van der Waals surface area contributed by atoms with Gasteiger partial charge in [0.05, 0.1) is 4.90 Å². The molecule has 1 atom stereocenters. The van der Waals surface area contributed by atoms with Gasteiger partial charge in [-0.2, -0.15) is 4.31 Å². The van der Waals surface area contributed by atoms with Gasteiger partial charge in [0.2, 0.25) is 15.9 Å². The Morgan fingerprint density at radius 3 is 2.46 bits per heavy atom. The number of hydrogen-bond donors (Lipinski definition) is 0. The molecule has 152 valence electrons. The molecule has 0 radical (unpaired) electrons. The Morgan fingerprint density at radius 1 is 1.11 bits per heavy atom. The summed E-state index contributed by atoms with van der Waals surface area (Å²) in [5, 5.41) is 0. The van der Waals surface area contributed by atoms with Crippen LogP contribution in [0.5, 0.6) is 0 Å². The predicted molar refractivity (Wildman–Crippen MR) is 99.6 cm³/mol. The van der Waals surface area contributed by atoms with Gasteiger partial charge in [-0.25, -0.2) is 8.42 Å². The van der Waals surface area contributed by atoms with E-state index in [0.717, 1.165) is 14.8 Å². The summed E-state index contributed by atoms with van der Waals surface area (Å²) >= 11 is 0. The van der Waals surface area contributed by atoms with Gasteiger partial charge in [-0.05, 0) is 44.7 Å². The van der Waals surface area contributed by atoms with Crippen LogP contribution in [0.25, 0.3) is 0 Å². The van der Waals surface area contributed by atoms with Crippen LogP contribution in [-0.4, -0.2) is 61.1 Å². The van der Waals surface area contributed by atoms with E-state index in [1.54, 1.807) is 12.1 Å². The van der Waals surface area contributed by atoms with E-state index >= 15 is 0 Å². The lowest BCUT2D eigenvalue weighted by atomic mass is 10.1. The number of esters is 1. The monoisotopic (exact) mass is 408 g/mol. The summed E-state index contributed by atoms with van der Waals surface area (Å²) in [5.74, 6) is -1.60. The van der Waals surface area contributed by atoms with Crippen molar-refractivity contribution in [3.8, 4) is 0 Å². The molecule has 0 N–H and O–H groups in total. The van der Waals surface area contributed by atoms with E-state index in [9.17, 15) is 22.8 Å². The first-order valence-corrected chi connectivity index (χ1v) is 10.8. The maximum atomic E-state index is 13.0. The number of sulfonamides is 1. The van der Waals surface area contributed by atoms with E-state index in [0.29, 0.717) is 38.6 Å². The van der Waals surface area contributed by atoms with Crippen molar-refractivity contribution in [3.05, 3.63) is 29.8 Å². The molecular weight excluding hydrogens is 384 g/mol. The van der Waals surface area contributed by atoms with Gasteiger partial charge in [0.25, 0.3) is 5.91 Å². The molecule has 0 unspecified atom stereocenters. The Labute approximate surface area is 164 Å². The van der Waals surface area contributed by atoms with Crippen LogP contribution in [0.3, 0.4) is 0 Å². The molecule has 0 spiro atoms. The van der Waals surface area contributed by atoms with Crippen molar-refractivity contribution in [2.24, 2.45) is 0 Å². The molecule has 1 aromatic carbocycles. The Balaban J connectivity index is 1.70. The van der Waals surface area contributed by atoms with Crippen LogP contribution in [0.15, 0.2) is 29.2 Å². The normalized spacial score (nSPS) is 21.0. The van der Waals surface area contributed by atoms with Crippen molar-refractivity contribution in [2.75, 3.05) is 19.7 Å². The third-order valence-electron chi connectivity index (χ3n) is 5.07. The molecule has 0 saturated carbocycles. The number of aryl methyl sites for hydroxylation is 1. The number of piperidine rings is 1. The zero-order chi connectivity index (χ0) is 20.3. The summed E-state index contributed by atoms with van der Waals surface area (Å²) in [7, 11) is -3.85. The second kappa shape index (κ2) is 8.40. The first kappa shape index (κ1) is 20.5. The lowest BCUT2D eigenvalue weighted by Crippen LogP contribution is -2.49. The third kappa shape index (κ3) is 4.25. The van der Waals surface area contributed by atoms with E-state index in [1.807, 2.05) is 6.92 Å². The molecule has 0 aliphatic carbocycles. The summed E-state index contributed by atoms with van der Waals surface area (Å²) in [6.45, 7) is 1.85. The second-order valence-electron chi connectivity index (χ2n) is 7.09. The molecule has 2 aliphatic rings. The fraction of sp³-hybridized carbons (Fsp3) is 0.526. The van der Waals surface area contributed by atoms with Crippen molar-refractivity contribution >= 4 is 27.8 Å². The van der Waals surface area contributed by atoms with Gasteiger partial charge < -0.3 is 4.74 Å². The van der Waals surface area contributed by atoms with Crippen molar-refractivity contribution < 1.29 is 27.5 Å². The number of nitrogens with zero attached hydrogens (tertiary/aromatic N) is 2. The Hall–Kier alpha value is -2.26. The van der Waals surface area contributed by atoms with E-state index in [-0.39, 0.29) is 17.3 Å². The highest BCUT2D eigenvalue weighted by Gasteiger charge is 2.39. The second-order valence-corrected chi connectivity index (χ2v) is 8.98. The minimum atomic E-state index is -3.85. The van der Waals surface area contributed by atoms with Crippen LogP contribution >= 0.6 is 0 Å². The number of hydrogen-bond acceptors (Lipinski definition) is 6. The number of rotatable bonds is 5. The fourth-order valence-electron chi connectivity index (χ4n) is 3.49. The molecule has 2 amide bonds. The van der Waals surface area contributed by atoms with E-state index in [4.69, 9.17) is 4.74 Å². The summed E-state index contributed by atoms with van der Waals surface area (Å²) in [6, 6.07) is 5.47. The molecule has 2 fully saturated rings. The number of carbonyl (C=O) groups excluding carboxylic acids is 3. The molecule has 2 heterocycles. The molecule has 0 bridgehead atoms. The van der Waals surface area contributed by atoms with Gasteiger partial charge in [0.15, 0.2) is 6.61 Å². The van der Waals surface area contributed by atoms with E-state index < -0.39 is 34.5 Å². The Kier molecular flexibility index (Phi) is 6.14. The quantitative estimate of drug-likeness (QED) is 0.679. The number of ether oxygens (including phenoxy) is 1. The SMILES string of the molecule is Cc1ccc(S(=O)(=O)N2CCCC[C@H]2C(=O)OCC(=O)N2CCCC2=O)cc1. The average molecular weight is 408 g/mol. The van der Waals surface area contributed by atoms with Gasteiger partial charge in [-0.1, -0.05) is 17.7 Å². The minimum Gasteiger partial charge on any atom is -0.454 e. The minimum absolute atomic E-state index is 0.122. The van der Waals surface area contributed by atoms with Crippen LogP contribution < -0.4 is 0 Å². The van der Waals surface area contributed by atoms with Crippen molar-refractivity contribution in [3.63, 3.8) is 0 Å². The Morgan fingerprint density at radius 2 is 1.82 bits per heavy atom. The standard InChI is InChI=1S/C19H24N2O6S/c1-14-7-9-15(10-8-14)28(25,26)21-12-3-2-5-16(21)19(24)27-13-18(23)20-11-4-6-17(20)22/h7-10,16H,2-6,11-13H2,1H3/t16-/m0/s1. The molecule has 28 heavy (non-hydrogen) atoms. The lowest BCUT2D eigenvalue weighted by molar-refractivity contribution is -0.157. The first-order valence-electron chi connectivity index (χ1n) is 9.39. The van der Waals surface area contributed by atoms with E-state index in [1.165, 1.54) is 12.1 Å². The third-order valence-corrected chi connectivity index (χ3v) is 6.99. The molecular formula is C19H24N2O6S. The molecule has 8 nitrogen and oxygen atoms in total. The Bertz CT molecular complexity index is 865. The van der Waals surface area contributed by atoms with Gasteiger partial charge >= 0.3 is 5.97 Å². The zero-order valence-electron chi connectivity index (χ0n) is 15.8. The number of carbonyl (C=O) groups is 3. The lowest BCUT2D eigenvalue weighted by Gasteiger charge is -2.33. The average Bonchev–Trinajstić information content (AvgIpc) is 3.12. The van der Waals surface area contributed by atoms with Crippen molar-refractivity contribution in [1.82, 2.24) is 9.21 Å². The highest BCUT2D eigenvalue weighted by atomic mass is 32.2. The van der Waals surface area contributed by atoms with Crippen molar-refractivity contribution in [2.45, 2.75) is 50.0 Å². The van der Waals surface area contributed by atoms with Crippen LogP contribution in [0, 0.1) is 6.92 Å². The number of likely N-dealkylation sites (tertiary alicyclic amines) is 1. The predicted octanol–water partition coefficient (Wildman–Crippen LogP) is 1.23. The van der Waals surface area contributed by atoms with Crippen LogP contribution in [0.4, 0.5) is 0 Å². The number of amides is 2. The van der Waals surface area contributed by atoms with Gasteiger partial charge in [0.1, 0.15) is 6.04 Å².